The molecule has 0 aliphatic rings. The Morgan fingerprint density at radius 3 is 1.52 bits per heavy atom. The van der Waals surface area contributed by atoms with Gasteiger partial charge in [0.25, 0.3) is 0 Å². The number of benzene rings is 2. The lowest BCUT2D eigenvalue weighted by Crippen LogP contribution is -2.48. The molecule has 0 bridgehead atoms. The molecule has 3 N–H and O–H groups in total. The summed E-state index contributed by atoms with van der Waals surface area (Å²) in [6.45, 7) is 10.1. The summed E-state index contributed by atoms with van der Waals surface area (Å²) in [4.78, 5) is 59.3. The van der Waals surface area contributed by atoms with E-state index < -0.39 is 59.3 Å². The van der Waals surface area contributed by atoms with Gasteiger partial charge in [-0.15, -0.1) is 0 Å². The van der Waals surface area contributed by atoms with Gasteiger partial charge in [0, 0.05) is 5.56 Å². The molecule has 0 saturated carbocycles. The Labute approximate surface area is 245 Å². The minimum atomic E-state index is -1.44. The highest BCUT2D eigenvalue weighted by molar-refractivity contribution is 6.13. The van der Waals surface area contributed by atoms with Crippen LogP contribution in [-0.2, 0) is 28.5 Å². The first-order valence-electron chi connectivity index (χ1n) is 13.0. The maximum Gasteiger partial charge on any atom is 0.408 e. The van der Waals surface area contributed by atoms with Crippen LogP contribution in [0.1, 0.15) is 63.6 Å². The van der Waals surface area contributed by atoms with E-state index in [-0.39, 0.29) is 0 Å². The molecular formula is C30H40N2O10. The lowest BCUT2D eigenvalue weighted by atomic mass is 10.0. The molecule has 230 valence electrons. The number of aliphatic hydroxyl groups excluding tert-OH is 1. The maximum atomic E-state index is 12.3. The van der Waals surface area contributed by atoms with Crippen molar-refractivity contribution in [3.63, 3.8) is 0 Å². The van der Waals surface area contributed by atoms with Gasteiger partial charge in [0.2, 0.25) is 0 Å². The molecule has 3 atom stereocenters. The predicted octanol–water partition coefficient (Wildman–Crippen LogP) is 3.72. The van der Waals surface area contributed by atoms with E-state index in [1.54, 1.807) is 102 Å². The van der Waals surface area contributed by atoms with Gasteiger partial charge in [-0.2, -0.15) is 0 Å². The summed E-state index contributed by atoms with van der Waals surface area (Å²) in [6, 6.07) is 14.0. The molecule has 42 heavy (non-hydrogen) atoms. The number of rotatable bonds is 8. The summed E-state index contributed by atoms with van der Waals surface area (Å²) in [5.41, 5.74) is -0.656. The van der Waals surface area contributed by atoms with Crippen LogP contribution in [-0.4, -0.2) is 72.5 Å². The standard InChI is InChI=1S/C15H21NO5.C15H19NO5/c2*1-15(2,3)21-14(19)16-11(13(18)20-4)12(17)10-8-6-5-7-9-10/h5-9,11-12,17H,1-4H3,(H,16,19);5-9,11H,1-4H3,(H,16,19)/t11-,12+;/m0./s1. The summed E-state index contributed by atoms with van der Waals surface area (Å²) in [5.74, 6) is -2.17. The molecule has 0 aliphatic carbocycles. The second-order valence-electron chi connectivity index (χ2n) is 10.8. The zero-order valence-corrected chi connectivity index (χ0v) is 25.1. The lowest BCUT2D eigenvalue weighted by Gasteiger charge is -2.25. The highest BCUT2D eigenvalue weighted by atomic mass is 16.6. The first-order chi connectivity index (χ1) is 19.5. The van der Waals surface area contributed by atoms with Crippen molar-refractivity contribution >= 4 is 29.9 Å². The number of aliphatic hydroxyl groups is 1. The van der Waals surface area contributed by atoms with Crippen molar-refractivity contribution in [3.05, 3.63) is 71.8 Å². The fraction of sp³-hybridized carbons (Fsp3) is 0.433. The van der Waals surface area contributed by atoms with E-state index in [4.69, 9.17) is 9.47 Å². The predicted molar refractivity (Wildman–Crippen MR) is 153 cm³/mol. The van der Waals surface area contributed by atoms with Crippen LogP contribution >= 0.6 is 0 Å². The van der Waals surface area contributed by atoms with Gasteiger partial charge >= 0.3 is 24.1 Å². The Hall–Kier alpha value is -4.45. The van der Waals surface area contributed by atoms with Gasteiger partial charge < -0.3 is 34.7 Å². The molecule has 0 heterocycles. The second kappa shape index (κ2) is 16.1. The zero-order chi connectivity index (χ0) is 32.1. The molecule has 12 nitrogen and oxygen atoms in total. The molecule has 0 spiro atoms. The first-order valence-corrected chi connectivity index (χ1v) is 13.0. The number of esters is 2. The number of nitrogens with one attached hydrogen (secondary N) is 2. The minimum absolute atomic E-state index is 0.295. The lowest BCUT2D eigenvalue weighted by molar-refractivity contribution is -0.146. The quantitative estimate of drug-likeness (QED) is 0.179. The molecule has 0 aromatic heterocycles. The number of Topliss-reactive ketones (excluding diaryl/α,β-unsaturated/α-hetero) is 1. The third kappa shape index (κ3) is 12.8. The second-order valence-corrected chi connectivity index (χ2v) is 10.8. The first kappa shape index (κ1) is 35.6. The summed E-state index contributed by atoms with van der Waals surface area (Å²) >= 11 is 0. The van der Waals surface area contributed by atoms with E-state index in [0.717, 1.165) is 7.11 Å². The van der Waals surface area contributed by atoms with Crippen molar-refractivity contribution < 1.29 is 48.0 Å². The highest BCUT2D eigenvalue weighted by Gasteiger charge is 2.33. The maximum absolute atomic E-state index is 12.3. The van der Waals surface area contributed by atoms with Gasteiger partial charge in [0.05, 0.1) is 14.2 Å². The van der Waals surface area contributed by atoms with Gasteiger partial charge in [-0.3, -0.25) is 4.79 Å². The van der Waals surface area contributed by atoms with Crippen molar-refractivity contribution in [2.24, 2.45) is 0 Å². The fourth-order valence-electron chi connectivity index (χ4n) is 3.21. The summed E-state index contributed by atoms with van der Waals surface area (Å²) in [6.07, 6.45) is -2.89. The van der Waals surface area contributed by atoms with E-state index in [0.29, 0.717) is 11.1 Å². The highest BCUT2D eigenvalue weighted by Crippen LogP contribution is 2.18. The number of alkyl carbamates (subject to hydrolysis) is 2. The Kier molecular flexibility index (Phi) is 13.6. The Bertz CT molecular complexity index is 1190. The molecular weight excluding hydrogens is 548 g/mol. The van der Waals surface area contributed by atoms with E-state index in [1.165, 1.54) is 7.11 Å². The number of amides is 2. The van der Waals surface area contributed by atoms with Crippen LogP contribution < -0.4 is 10.6 Å². The van der Waals surface area contributed by atoms with Crippen molar-refractivity contribution in [2.45, 2.75) is 70.9 Å². The van der Waals surface area contributed by atoms with Crippen molar-refractivity contribution in [3.8, 4) is 0 Å². The smallest absolute Gasteiger partial charge is 0.408 e. The summed E-state index contributed by atoms with van der Waals surface area (Å²) < 4.78 is 19.3. The molecule has 0 saturated heterocycles. The van der Waals surface area contributed by atoms with Gasteiger partial charge in [-0.05, 0) is 47.1 Å². The van der Waals surface area contributed by atoms with Gasteiger partial charge in [0.1, 0.15) is 17.3 Å². The summed E-state index contributed by atoms with van der Waals surface area (Å²) in [7, 11) is 2.33. The van der Waals surface area contributed by atoms with Crippen LogP contribution in [0.3, 0.4) is 0 Å². The van der Waals surface area contributed by atoms with Crippen molar-refractivity contribution in [1.82, 2.24) is 10.6 Å². The van der Waals surface area contributed by atoms with Crippen LogP contribution in [0.2, 0.25) is 0 Å². The van der Waals surface area contributed by atoms with E-state index in [2.05, 4.69) is 20.1 Å². The largest absolute Gasteiger partial charge is 0.467 e. The molecule has 2 aromatic carbocycles. The third-order valence-electron chi connectivity index (χ3n) is 5.00. The Morgan fingerprint density at radius 2 is 1.10 bits per heavy atom. The van der Waals surface area contributed by atoms with Crippen LogP contribution in [0.5, 0.6) is 0 Å². The van der Waals surface area contributed by atoms with E-state index in [1.807, 2.05) is 0 Å². The topological polar surface area (TPSA) is 167 Å². The monoisotopic (exact) mass is 588 g/mol. The van der Waals surface area contributed by atoms with Gasteiger partial charge in [-0.25, -0.2) is 19.2 Å². The van der Waals surface area contributed by atoms with E-state index in [9.17, 15) is 29.1 Å². The van der Waals surface area contributed by atoms with Crippen molar-refractivity contribution in [2.75, 3.05) is 14.2 Å². The average molecular weight is 589 g/mol. The fourth-order valence-corrected chi connectivity index (χ4v) is 3.21. The van der Waals surface area contributed by atoms with E-state index >= 15 is 0 Å². The summed E-state index contributed by atoms with van der Waals surface area (Å²) in [5, 5.41) is 14.8. The number of hydrogen-bond acceptors (Lipinski definition) is 10. The van der Waals surface area contributed by atoms with Gasteiger partial charge in [-0.1, -0.05) is 60.7 Å². The SMILES string of the molecule is COC(=O)C(NC(=O)OC(C)(C)C)C(=O)c1ccccc1.COC(=O)[C@@H](NC(=O)OC(C)(C)C)[C@H](O)c1ccccc1. The molecule has 2 aromatic rings. The molecule has 2 amide bonds. The van der Waals surface area contributed by atoms with Gasteiger partial charge in [0.15, 0.2) is 17.9 Å². The molecule has 0 aliphatic heterocycles. The molecule has 2 rings (SSSR count). The number of ether oxygens (including phenoxy) is 4. The molecule has 0 radical (unpaired) electrons. The number of ketones is 1. The van der Waals surface area contributed by atoms with Crippen LogP contribution in [0.4, 0.5) is 9.59 Å². The normalized spacial score (nSPS) is 13.1. The van der Waals surface area contributed by atoms with Crippen molar-refractivity contribution in [1.29, 1.82) is 0 Å². The number of carbonyl (C=O) groups is 5. The minimum Gasteiger partial charge on any atom is -0.467 e. The Balaban J connectivity index is 0.000000420. The number of hydrogen-bond donors (Lipinski definition) is 3. The molecule has 1 unspecified atom stereocenters. The number of methoxy groups -OCH3 is 2. The van der Waals surface area contributed by atoms with Crippen LogP contribution in [0.15, 0.2) is 60.7 Å². The molecule has 0 fully saturated rings. The number of carbonyl (C=O) groups excluding carboxylic acids is 5. The average Bonchev–Trinajstić information content (AvgIpc) is 2.92. The third-order valence-corrected chi connectivity index (χ3v) is 5.00. The molecule has 12 heteroatoms. The Morgan fingerprint density at radius 1 is 0.667 bits per heavy atom. The van der Waals surface area contributed by atoms with Crippen LogP contribution in [0.25, 0.3) is 0 Å². The van der Waals surface area contributed by atoms with Crippen LogP contribution in [0, 0.1) is 0 Å². The zero-order valence-electron chi connectivity index (χ0n) is 25.1.